The van der Waals surface area contributed by atoms with Gasteiger partial charge in [-0.15, -0.1) is 0 Å². The van der Waals surface area contributed by atoms with Crippen molar-refractivity contribution in [1.82, 2.24) is 13.7 Å². The van der Waals surface area contributed by atoms with Gasteiger partial charge < -0.3 is 34.2 Å². The van der Waals surface area contributed by atoms with Crippen molar-refractivity contribution in [2.45, 2.75) is 43.3 Å². The highest BCUT2D eigenvalue weighted by Gasteiger charge is 2.30. The van der Waals surface area contributed by atoms with Gasteiger partial charge in [0.1, 0.15) is 33.5 Å². The molecule has 0 unspecified atom stereocenters. The molecule has 3 aromatic carbocycles. The summed E-state index contributed by atoms with van der Waals surface area (Å²) in [5.74, 6) is 2.52. The maximum Gasteiger partial charge on any atom is 0.412 e. The lowest BCUT2D eigenvalue weighted by Gasteiger charge is -2.26. The summed E-state index contributed by atoms with van der Waals surface area (Å²) < 4.78 is 53.9. The Labute approximate surface area is 290 Å². The minimum atomic E-state index is -4.30. The number of ether oxygens (including phenoxy) is 4. The first kappa shape index (κ1) is 34.4. The maximum atomic E-state index is 14.5. The average molecular weight is 702 g/mol. The van der Waals surface area contributed by atoms with Gasteiger partial charge in [-0.2, -0.15) is 4.31 Å². The predicted octanol–water partition coefficient (Wildman–Crippen LogP) is 5.90. The van der Waals surface area contributed by atoms with E-state index in [1.165, 1.54) is 56.5 Å². The fourth-order valence-corrected chi connectivity index (χ4v) is 7.37. The largest absolute Gasteiger partial charge is 0.497 e. The molecule has 14 heteroatoms. The molecule has 0 atom stereocenters. The molecule has 0 saturated heterocycles. The van der Waals surface area contributed by atoms with E-state index >= 15 is 0 Å². The first-order valence-electron chi connectivity index (χ1n) is 15.8. The molecule has 0 radical (unpaired) electrons. The number of hydrogen-bond acceptors (Lipinski definition) is 9. The van der Waals surface area contributed by atoms with Crippen LogP contribution in [-0.4, -0.2) is 61.7 Å². The van der Waals surface area contributed by atoms with E-state index in [0.29, 0.717) is 51.4 Å². The van der Waals surface area contributed by atoms with Crippen molar-refractivity contribution >= 4 is 33.1 Å². The van der Waals surface area contributed by atoms with Gasteiger partial charge in [0.2, 0.25) is 10.0 Å². The van der Waals surface area contributed by atoms with Crippen LogP contribution in [0.5, 0.6) is 23.0 Å². The minimum Gasteiger partial charge on any atom is -0.497 e. The lowest BCUT2D eigenvalue weighted by molar-refractivity contribution is 0.201. The van der Waals surface area contributed by atoms with Crippen LogP contribution in [0, 0.1) is 0 Å². The van der Waals surface area contributed by atoms with E-state index in [0.717, 1.165) is 17.7 Å². The summed E-state index contributed by atoms with van der Waals surface area (Å²) in [6.45, 7) is -0.255. The van der Waals surface area contributed by atoms with Crippen molar-refractivity contribution in [3.8, 4) is 23.0 Å². The van der Waals surface area contributed by atoms with Crippen LogP contribution in [0.25, 0.3) is 5.65 Å². The number of carbonyl (C=O) groups is 1. The molecule has 6 rings (SSSR count). The smallest absolute Gasteiger partial charge is 0.412 e. The molecule has 0 bridgehead atoms. The molecular formula is C36H39N5O8S. The van der Waals surface area contributed by atoms with E-state index in [-0.39, 0.29) is 35.9 Å². The summed E-state index contributed by atoms with van der Waals surface area (Å²) in [5, 5.41) is 10.2. The van der Waals surface area contributed by atoms with Gasteiger partial charge >= 0.3 is 6.09 Å². The Balaban J connectivity index is 1.33. The Kier molecular flexibility index (Phi) is 9.75. The molecule has 5 aromatic rings. The predicted molar refractivity (Wildman–Crippen MR) is 188 cm³/mol. The first-order chi connectivity index (χ1) is 24.0. The second-order valence-electron chi connectivity index (χ2n) is 12.0. The first-order valence-corrected chi connectivity index (χ1v) is 17.3. The summed E-state index contributed by atoms with van der Waals surface area (Å²) >= 11 is 0. The SMILES string of the molecule is COc1ccc(CN(Cc2ccc(OC)cc2OC)S(=O)(=O)c2ccc(N(Cc3cn4cc(C5CC5)ccc4n3)C(=O)O)cc2N)c(OC)c1. The summed E-state index contributed by atoms with van der Waals surface area (Å²) in [7, 11) is 1.74. The van der Waals surface area contributed by atoms with Gasteiger partial charge in [-0.3, -0.25) is 4.90 Å². The van der Waals surface area contributed by atoms with Crippen LogP contribution in [0.1, 0.15) is 41.1 Å². The molecule has 3 N–H and O–H groups in total. The van der Waals surface area contributed by atoms with Crippen LogP contribution < -0.4 is 29.6 Å². The monoisotopic (exact) mass is 701 g/mol. The third-order valence-electron chi connectivity index (χ3n) is 8.73. The summed E-state index contributed by atoms with van der Waals surface area (Å²) in [4.78, 5) is 18.0. The number of sulfonamides is 1. The molecule has 1 aliphatic rings. The average Bonchev–Trinajstić information content (AvgIpc) is 3.89. The number of pyridine rings is 1. The Morgan fingerprint density at radius 3 is 1.98 bits per heavy atom. The highest BCUT2D eigenvalue weighted by molar-refractivity contribution is 7.89. The Morgan fingerprint density at radius 2 is 1.46 bits per heavy atom. The van der Waals surface area contributed by atoms with Crippen LogP contribution in [0.4, 0.5) is 16.2 Å². The van der Waals surface area contributed by atoms with Crippen molar-refractivity contribution in [1.29, 1.82) is 0 Å². The van der Waals surface area contributed by atoms with Crippen LogP contribution >= 0.6 is 0 Å². The molecule has 262 valence electrons. The normalized spacial score (nSPS) is 13.0. The Hall–Kier alpha value is -5.47. The number of anilines is 2. The zero-order valence-electron chi connectivity index (χ0n) is 28.2. The third kappa shape index (κ3) is 7.12. The summed E-state index contributed by atoms with van der Waals surface area (Å²) in [6, 6.07) is 18.3. The molecule has 13 nitrogen and oxygen atoms in total. The Morgan fingerprint density at radius 1 is 0.840 bits per heavy atom. The van der Waals surface area contributed by atoms with Gasteiger partial charge in [-0.1, -0.05) is 18.2 Å². The number of rotatable bonds is 14. The van der Waals surface area contributed by atoms with Crippen LogP contribution in [0.2, 0.25) is 0 Å². The molecule has 50 heavy (non-hydrogen) atoms. The van der Waals surface area contributed by atoms with E-state index in [2.05, 4.69) is 11.1 Å². The molecular weight excluding hydrogens is 662 g/mol. The number of amides is 1. The van der Waals surface area contributed by atoms with Gasteiger partial charge in [-0.25, -0.2) is 18.2 Å². The molecule has 2 aromatic heterocycles. The third-order valence-corrected chi connectivity index (χ3v) is 10.6. The van der Waals surface area contributed by atoms with Crippen molar-refractivity contribution < 1.29 is 37.3 Å². The zero-order chi connectivity index (χ0) is 35.6. The van der Waals surface area contributed by atoms with E-state index in [9.17, 15) is 18.3 Å². The lowest BCUT2D eigenvalue weighted by atomic mass is 10.1. The lowest BCUT2D eigenvalue weighted by Crippen LogP contribution is -2.32. The van der Waals surface area contributed by atoms with Crippen LogP contribution in [0.15, 0.2) is 84.0 Å². The van der Waals surface area contributed by atoms with Crippen molar-refractivity contribution in [3.63, 3.8) is 0 Å². The number of fused-ring (bicyclic) bond motifs is 1. The van der Waals surface area contributed by atoms with E-state index in [1.807, 2.05) is 16.7 Å². The molecule has 2 heterocycles. The number of methoxy groups -OCH3 is 4. The number of nitrogens with two attached hydrogens (primary N) is 1. The van der Waals surface area contributed by atoms with Gasteiger partial charge in [0.15, 0.2) is 0 Å². The van der Waals surface area contributed by atoms with Crippen LogP contribution in [-0.2, 0) is 29.7 Å². The van der Waals surface area contributed by atoms with Gasteiger partial charge in [0, 0.05) is 54.4 Å². The fraction of sp³-hybridized carbons (Fsp3) is 0.278. The number of carboxylic acid groups (broad SMARTS) is 1. The van der Waals surface area contributed by atoms with Gasteiger partial charge in [0.05, 0.1) is 46.4 Å². The number of nitrogen functional groups attached to an aromatic ring is 1. The summed E-state index contributed by atoms with van der Waals surface area (Å²) in [5.41, 5.74) is 10.1. The van der Waals surface area contributed by atoms with Gasteiger partial charge in [0.25, 0.3) is 0 Å². The number of benzene rings is 3. The topological polar surface area (TPSA) is 158 Å². The Bertz CT molecular complexity index is 2090. The summed E-state index contributed by atoms with van der Waals surface area (Å²) in [6.07, 6.45) is 4.92. The highest BCUT2D eigenvalue weighted by atomic mass is 32.2. The van der Waals surface area contributed by atoms with E-state index in [1.54, 1.807) is 42.6 Å². The molecule has 1 aliphatic carbocycles. The van der Waals surface area contributed by atoms with E-state index < -0.39 is 16.1 Å². The van der Waals surface area contributed by atoms with E-state index in [4.69, 9.17) is 24.7 Å². The fourth-order valence-electron chi connectivity index (χ4n) is 5.88. The maximum absolute atomic E-state index is 14.5. The van der Waals surface area contributed by atoms with Crippen molar-refractivity contribution in [2.24, 2.45) is 0 Å². The van der Waals surface area contributed by atoms with Crippen molar-refractivity contribution in [2.75, 3.05) is 39.1 Å². The molecule has 0 spiro atoms. The van der Waals surface area contributed by atoms with Gasteiger partial charge in [-0.05, 0) is 60.7 Å². The molecule has 1 saturated carbocycles. The molecule has 1 amide bonds. The zero-order valence-corrected chi connectivity index (χ0v) is 29.0. The number of nitrogens with zero attached hydrogens (tertiary/aromatic N) is 4. The van der Waals surface area contributed by atoms with Crippen LogP contribution in [0.3, 0.4) is 0 Å². The van der Waals surface area contributed by atoms with Crippen molar-refractivity contribution in [3.05, 3.63) is 102 Å². The molecule has 0 aliphatic heterocycles. The second-order valence-corrected chi connectivity index (χ2v) is 13.9. The standard InChI is InChI=1S/C36H39N5O8S/c1-46-29-11-7-25(32(16-29)48-3)19-40(20-26-8-12-30(47-2)17-33(26)49-4)50(44,45)34-13-10-28(15-31(34)37)41(36(42)43)22-27-21-39-18-24(23-5-6-23)9-14-35(39)38-27/h7-18,21,23H,5-6,19-20,22,37H2,1-4H3,(H,42,43). The quantitative estimate of drug-likeness (QED) is 0.134. The highest BCUT2D eigenvalue weighted by Crippen LogP contribution is 2.40. The number of aromatic nitrogens is 2. The number of hydrogen-bond donors (Lipinski definition) is 2. The minimum absolute atomic E-state index is 0.0675. The molecule has 1 fully saturated rings. The number of imidazole rings is 1. The second kappa shape index (κ2) is 14.2.